The molecule has 0 saturated heterocycles. The molecule has 0 spiro atoms. The lowest BCUT2D eigenvalue weighted by molar-refractivity contribution is -0.123. The minimum atomic E-state index is -0.650. The third kappa shape index (κ3) is 40.2. The number of allylic oxidation sites excluding steroid dienone is 2. The van der Waals surface area contributed by atoms with Crippen LogP contribution in [0.5, 0.6) is 0 Å². The van der Waals surface area contributed by atoms with E-state index in [-0.39, 0.29) is 12.5 Å². The lowest BCUT2D eigenvalue weighted by Gasteiger charge is -2.22. The number of aliphatic hydroxyl groups excluding tert-OH is 2. The number of rotatable bonds is 43. The van der Waals surface area contributed by atoms with Crippen molar-refractivity contribution >= 4 is 5.91 Å². The van der Waals surface area contributed by atoms with Crippen molar-refractivity contribution in [3.63, 3.8) is 0 Å². The smallest absolute Gasteiger partial charge is 0.220 e. The Labute approximate surface area is 320 Å². The van der Waals surface area contributed by atoms with Crippen molar-refractivity contribution in [1.29, 1.82) is 0 Å². The monoisotopic (exact) mass is 720 g/mol. The van der Waals surface area contributed by atoms with Crippen molar-refractivity contribution in [2.45, 2.75) is 276 Å². The van der Waals surface area contributed by atoms with E-state index in [1.807, 2.05) is 0 Å². The fourth-order valence-corrected chi connectivity index (χ4v) is 7.42. The SMILES string of the molecule is CCCCCCCCCC/C=C\CCCCCCCCCCCCCCCCCCCCCCCCCC(=O)NC(CO)C(O)CCCCCC. The Hall–Kier alpha value is -0.870. The van der Waals surface area contributed by atoms with Crippen molar-refractivity contribution in [3.8, 4) is 0 Å². The topological polar surface area (TPSA) is 69.6 Å². The molecule has 0 fully saturated rings. The van der Waals surface area contributed by atoms with Crippen molar-refractivity contribution in [3.05, 3.63) is 12.2 Å². The Kier molecular flexibility index (Phi) is 42.8. The summed E-state index contributed by atoms with van der Waals surface area (Å²) in [7, 11) is 0. The van der Waals surface area contributed by atoms with Crippen molar-refractivity contribution < 1.29 is 15.0 Å². The highest BCUT2D eigenvalue weighted by Crippen LogP contribution is 2.17. The first kappa shape index (κ1) is 50.1. The first-order valence-corrected chi connectivity index (χ1v) is 23.4. The summed E-state index contributed by atoms with van der Waals surface area (Å²) in [6, 6.07) is -0.527. The van der Waals surface area contributed by atoms with Gasteiger partial charge in [-0.2, -0.15) is 0 Å². The first-order chi connectivity index (χ1) is 25.2. The summed E-state index contributed by atoms with van der Waals surface area (Å²) in [6.07, 6.45) is 55.2. The van der Waals surface area contributed by atoms with E-state index in [4.69, 9.17) is 0 Å². The lowest BCUT2D eigenvalue weighted by Crippen LogP contribution is -2.45. The van der Waals surface area contributed by atoms with E-state index in [2.05, 4.69) is 31.3 Å². The zero-order valence-electron chi connectivity index (χ0n) is 34.9. The van der Waals surface area contributed by atoms with Crippen LogP contribution in [0, 0.1) is 0 Å². The molecule has 2 atom stereocenters. The zero-order chi connectivity index (χ0) is 37.1. The minimum Gasteiger partial charge on any atom is -0.394 e. The normalized spacial score (nSPS) is 12.9. The highest BCUT2D eigenvalue weighted by Gasteiger charge is 2.19. The summed E-state index contributed by atoms with van der Waals surface area (Å²) in [6.45, 7) is 4.27. The molecule has 0 aliphatic rings. The quantitative estimate of drug-likeness (QED) is 0.0434. The zero-order valence-corrected chi connectivity index (χ0v) is 34.9. The molecule has 2 unspecified atom stereocenters. The Balaban J connectivity index is 3.26. The number of hydrogen-bond acceptors (Lipinski definition) is 3. The van der Waals surface area contributed by atoms with Gasteiger partial charge in [0.2, 0.25) is 5.91 Å². The van der Waals surface area contributed by atoms with Crippen LogP contribution in [0.4, 0.5) is 0 Å². The van der Waals surface area contributed by atoms with Crippen LogP contribution in [0.25, 0.3) is 0 Å². The van der Waals surface area contributed by atoms with Crippen molar-refractivity contribution in [2.75, 3.05) is 6.61 Å². The predicted octanol–water partition coefficient (Wildman–Crippen LogP) is 14.6. The average Bonchev–Trinajstić information content (AvgIpc) is 3.13. The van der Waals surface area contributed by atoms with Gasteiger partial charge >= 0.3 is 0 Å². The highest BCUT2D eigenvalue weighted by molar-refractivity contribution is 5.76. The van der Waals surface area contributed by atoms with E-state index < -0.39 is 12.1 Å². The molecule has 4 nitrogen and oxygen atoms in total. The van der Waals surface area contributed by atoms with Gasteiger partial charge in [-0.15, -0.1) is 0 Å². The second-order valence-corrected chi connectivity index (χ2v) is 16.2. The standard InChI is InChI=1S/C47H93NO3/c1-3-5-7-9-10-11-12-13-14-15-16-17-18-19-20-21-22-23-24-25-26-27-28-29-30-31-32-33-34-35-36-37-38-39-41-43-47(51)48-45(44-49)46(50)42-40-8-6-4-2/h15-16,45-46,49-50H,3-14,17-44H2,1-2H3,(H,48,51)/b16-15-. The molecule has 1 amide bonds. The van der Waals surface area contributed by atoms with Gasteiger partial charge in [-0.3, -0.25) is 4.79 Å². The molecule has 0 aromatic heterocycles. The van der Waals surface area contributed by atoms with E-state index in [1.54, 1.807) is 0 Å². The number of carbonyl (C=O) groups is 1. The van der Waals surface area contributed by atoms with Crippen LogP contribution in [-0.4, -0.2) is 34.9 Å². The molecule has 304 valence electrons. The molecule has 0 heterocycles. The average molecular weight is 720 g/mol. The molecule has 4 heteroatoms. The summed E-state index contributed by atoms with van der Waals surface area (Å²) in [5.74, 6) is -0.0359. The van der Waals surface area contributed by atoms with Gasteiger partial charge in [0.25, 0.3) is 0 Å². The van der Waals surface area contributed by atoms with Crippen LogP contribution in [0.2, 0.25) is 0 Å². The molecule has 0 aromatic rings. The molecule has 3 N–H and O–H groups in total. The summed E-state index contributed by atoms with van der Waals surface area (Å²) >= 11 is 0. The Bertz CT molecular complexity index is 695. The fraction of sp³-hybridized carbons (Fsp3) is 0.936. The van der Waals surface area contributed by atoms with Gasteiger partial charge in [0.05, 0.1) is 18.8 Å². The van der Waals surface area contributed by atoms with E-state index in [0.29, 0.717) is 12.8 Å². The molecular formula is C47H93NO3. The van der Waals surface area contributed by atoms with Gasteiger partial charge in [-0.25, -0.2) is 0 Å². The van der Waals surface area contributed by atoms with E-state index in [9.17, 15) is 15.0 Å². The summed E-state index contributed by atoms with van der Waals surface area (Å²) in [5.41, 5.74) is 0. The van der Waals surface area contributed by atoms with Gasteiger partial charge < -0.3 is 15.5 Å². The molecule has 0 radical (unpaired) electrons. The third-order valence-corrected chi connectivity index (χ3v) is 11.0. The summed E-state index contributed by atoms with van der Waals surface area (Å²) in [4.78, 5) is 12.2. The Morgan fingerprint density at radius 1 is 0.451 bits per heavy atom. The third-order valence-electron chi connectivity index (χ3n) is 11.0. The van der Waals surface area contributed by atoms with E-state index in [1.165, 1.54) is 205 Å². The highest BCUT2D eigenvalue weighted by atomic mass is 16.3. The first-order valence-electron chi connectivity index (χ1n) is 23.4. The van der Waals surface area contributed by atoms with Crippen LogP contribution in [0.1, 0.15) is 264 Å². The van der Waals surface area contributed by atoms with Gasteiger partial charge in [-0.1, -0.05) is 231 Å². The maximum Gasteiger partial charge on any atom is 0.220 e. The van der Waals surface area contributed by atoms with Gasteiger partial charge in [-0.05, 0) is 38.5 Å². The van der Waals surface area contributed by atoms with Crippen LogP contribution in [0.15, 0.2) is 12.2 Å². The number of hydrogen-bond donors (Lipinski definition) is 3. The number of amides is 1. The maximum absolute atomic E-state index is 12.2. The number of unbranched alkanes of at least 4 members (excludes halogenated alkanes) is 34. The van der Waals surface area contributed by atoms with Gasteiger partial charge in [0.15, 0.2) is 0 Å². The second-order valence-electron chi connectivity index (χ2n) is 16.2. The molecule has 0 rings (SSSR count). The van der Waals surface area contributed by atoms with E-state index >= 15 is 0 Å². The molecule has 0 aromatic carbocycles. The predicted molar refractivity (Wildman–Crippen MR) is 226 cm³/mol. The lowest BCUT2D eigenvalue weighted by atomic mass is 10.0. The Morgan fingerprint density at radius 3 is 1.08 bits per heavy atom. The number of aliphatic hydroxyl groups is 2. The molecule has 0 saturated carbocycles. The Morgan fingerprint density at radius 2 is 0.745 bits per heavy atom. The summed E-state index contributed by atoms with van der Waals surface area (Å²) in [5, 5.41) is 22.7. The van der Waals surface area contributed by atoms with Crippen molar-refractivity contribution in [2.24, 2.45) is 0 Å². The maximum atomic E-state index is 12.2. The van der Waals surface area contributed by atoms with Crippen molar-refractivity contribution in [1.82, 2.24) is 5.32 Å². The molecular weight excluding hydrogens is 627 g/mol. The number of nitrogens with one attached hydrogen (secondary N) is 1. The number of carbonyl (C=O) groups excluding carboxylic acids is 1. The second kappa shape index (κ2) is 43.5. The largest absolute Gasteiger partial charge is 0.394 e. The van der Waals surface area contributed by atoms with Crippen LogP contribution in [-0.2, 0) is 4.79 Å². The van der Waals surface area contributed by atoms with Crippen LogP contribution in [0.3, 0.4) is 0 Å². The summed E-state index contributed by atoms with van der Waals surface area (Å²) < 4.78 is 0. The van der Waals surface area contributed by atoms with Gasteiger partial charge in [0, 0.05) is 6.42 Å². The molecule has 0 aliphatic carbocycles. The molecule has 51 heavy (non-hydrogen) atoms. The molecule has 0 aliphatic heterocycles. The van der Waals surface area contributed by atoms with Gasteiger partial charge in [0.1, 0.15) is 0 Å². The van der Waals surface area contributed by atoms with E-state index in [0.717, 1.165) is 32.1 Å². The van der Waals surface area contributed by atoms with Crippen LogP contribution >= 0.6 is 0 Å². The molecule has 0 bridgehead atoms. The van der Waals surface area contributed by atoms with Crippen LogP contribution < -0.4 is 5.32 Å². The fourth-order valence-electron chi connectivity index (χ4n) is 7.42. The minimum absolute atomic E-state index is 0.0359.